The van der Waals surface area contributed by atoms with Crippen LogP contribution in [0.1, 0.15) is 17.0 Å². The van der Waals surface area contributed by atoms with Crippen molar-refractivity contribution in [2.24, 2.45) is 0 Å². The lowest BCUT2D eigenvalue weighted by Crippen LogP contribution is -2.18. The number of furan rings is 1. The number of para-hydroxylation sites is 5. The number of hydrogen-bond acceptors (Lipinski definition) is 3. The Balaban J connectivity index is 0.885. The van der Waals surface area contributed by atoms with E-state index in [9.17, 15) is 0 Å². The summed E-state index contributed by atoms with van der Waals surface area (Å²) in [6.45, 7) is 0. The quantitative estimate of drug-likeness (QED) is 0.160. The second kappa shape index (κ2) is 15.4. The molecule has 2 aromatic heterocycles. The molecule has 12 aromatic rings. The Morgan fingerprint density at radius 1 is 0.441 bits per heavy atom. The van der Waals surface area contributed by atoms with Crippen molar-refractivity contribution in [3.05, 3.63) is 254 Å². The predicted octanol–water partition coefficient (Wildman–Crippen LogP) is 17.1. The van der Waals surface area contributed by atoms with Crippen LogP contribution in [-0.4, -0.2) is 10.7 Å². The largest absolute Gasteiger partial charge is 0.484 e. The van der Waals surface area contributed by atoms with Crippen LogP contribution in [0.15, 0.2) is 247 Å². The zero-order valence-corrected chi connectivity index (χ0v) is 37.0. The van der Waals surface area contributed by atoms with Crippen molar-refractivity contribution in [1.82, 2.24) is 4.57 Å². The van der Waals surface area contributed by atoms with Crippen molar-refractivity contribution in [3.63, 3.8) is 0 Å². The maximum absolute atomic E-state index is 6.68. The summed E-state index contributed by atoms with van der Waals surface area (Å²) in [6, 6.07) is 80.8. The molecular weight excluding hydrogens is 829 g/mol. The van der Waals surface area contributed by atoms with E-state index in [1.807, 2.05) is 12.1 Å². The van der Waals surface area contributed by atoms with E-state index in [-0.39, 0.29) is 12.0 Å². The van der Waals surface area contributed by atoms with E-state index < -0.39 is 0 Å². The minimum Gasteiger partial charge on any atom is -0.484 e. The average molecular weight is 871 g/mol. The van der Waals surface area contributed by atoms with Crippen LogP contribution in [0.3, 0.4) is 0 Å². The highest BCUT2D eigenvalue weighted by Gasteiger charge is 2.35. The number of benzene rings is 10. The number of allylic oxidation sites excluding steroid dienone is 2. The molecule has 0 bridgehead atoms. The van der Waals surface area contributed by atoms with Gasteiger partial charge >= 0.3 is 0 Å². The van der Waals surface area contributed by atoms with E-state index in [0.717, 1.165) is 78.1 Å². The lowest BCUT2D eigenvalue weighted by molar-refractivity contribution is 0.272. The van der Waals surface area contributed by atoms with Crippen LogP contribution >= 0.6 is 0 Å². The Kier molecular flexibility index (Phi) is 8.68. The Labute approximate surface area is 393 Å². The molecule has 2 aliphatic rings. The van der Waals surface area contributed by atoms with Gasteiger partial charge in [-0.1, -0.05) is 170 Å². The molecule has 320 valence electrons. The first kappa shape index (κ1) is 38.4. The lowest BCUT2D eigenvalue weighted by Gasteiger charge is -2.29. The Morgan fingerprint density at radius 3 is 1.82 bits per heavy atom. The van der Waals surface area contributed by atoms with Crippen LogP contribution < -0.4 is 9.64 Å². The molecule has 0 saturated carbocycles. The van der Waals surface area contributed by atoms with Crippen LogP contribution in [0.25, 0.3) is 88.0 Å². The van der Waals surface area contributed by atoms with E-state index in [1.165, 1.54) is 43.9 Å². The third-order valence-electron chi connectivity index (χ3n) is 14.2. The molecule has 1 aliphatic carbocycles. The zero-order chi connectivity index (χ0) is 44.7. The summed E-state index contributed by atoms with van der Waals surface area (Å²) < 4.78 is 15.4. The Hall–Kier alpha value is -8.86. The van der Waals surface area contributed by atoms with Gasteiger partial charge in [-0.25, -0.2) is 0 Å². The van der Waals surface area contributed by atoms with Gasteiger partial charge < -0.3 is 18.6 Å². The molecule has 4 nitrogen and oxygen atoms in total. The Bertz CT molecular complexity index is 3970. The van der Waals surface area contributed by atoms with Gasteiger partial charge in [0.25, 0.3) is 0 Å². The molecule has 0 N–H and O–H groups in total. The van der Waals surface area contributed by atoms with E-state index >= 15 is 0 Å². The summed E-state index contributed by atoms with van der Waals surface area (Å²) in [5.41, 5.74) is 16.6. The van der Waals surface area contributed by atoms with Crippen LogP contribution in [0.5, 0.6) is 5.75 Å². The van der Waals surface area contributed by atoms with Gasteiger partial charge in [-0.15, -0.1) is 0 Å². The van der Waals surface area contributed by atoms with Gasteiger partial charge in [0, 0.05) is 60.9 Å². The lowest BCUT2D eigenvalue weighted by atomic mass is 9.85. The fraction of sp³-hybridized carbons (Fsp3) is 0.0312. The second-order valence-corrected chi connectivity index (χ2v) is 17.9. The molecule has 3 heterocycles. The zero-order valence-electron chi connectivity index (χ0n) is 37.0. The molecular formula is C64H42N2O2. The first-order chi connectivity index (χ1) is 33.7. The van der Waals surface area contributed by atoms with Crippen molar-refractivity contribution in [2.45, 2.75) is 12.0 Å². The number of ether oxygens (including phenoxy) is 1. The molecule has 14 rings (SSSR count). The topological polar surface area (TPSA) is 30.5 Å². The summed E-state index contributed by atoms with van der Waals surface area (Å²) in [5, 5.41) is 7.12. The van der Waals surface area contributed by atoms with Crippen molar-refractivity contribution in [3.8, 4) is 33.7 Å². The van der Waals surface area contributed by atoms with Crippen LogP contribution in [-0.2, 0) is 0 Å². The Morgan fingerprint density at radius 2 is 1.04 bits per heavy atom. The molecule has 2 unspecified atom stereocenters. The van der Waals surface area contributed by atoms with Gasteiger partial charge in [-0.3, -0.25) is 0 Å². The van der Waals surface area contributed by atoms with E-state index in [0.29, 0.717) is 0 Å². The van der Waals surface area contributed by atoms with Crippen molar-refractivity contribution < 1.29 is 9.15 Å². The minimum atomic E-state index is -0.0490. The van der Waals surface area contributed by atoms with Gasteiger partial charge in [0.1, 0.15) is 23.0 Å². The average Bonchev–Trinajstić information content (AvgIpc) is 4.09. The molecule has 1 aliphatic heterocycles. The normalized spacial score (nSPS) is 15.2. The summed E-state index contributed by atoms with van der Waals surface area (Å²) in [4.78, 5) is 2.40. The third-order valence-corrected chi connectivity index (χ3v) is 14.2. The fourth-order valence-corrected chi connectivity index (χ4v) is 10.9. The number of anilines is 3. The highest BCUT2D eigenvalue weighted by Crippen LogP contribution is 2.49. The molecule has 0 amide bonds. The maximum Gasteiger partial charge on any atom is 0.136 e. The molecule has 4 heteroatoms. The highest BCUT2D eigenvalue weighted by molar-refractivity contribution is 6.10. The van der Waals surface area contributed by atoms with E-state index in [1.54, 1.807) is 0 Å². The summed E-state index contributed by atoms with van der Waals surface area (Å²) in [5.74, 6) is 1.10. The maximum atomic E-state index is 6.68. The fourth-order valence-electron chi connectivity index (χ4n) is 10.9. The smallest absolute Gasteiger partial charge is 0.136 e. The van der Waals surface area contributed by atoms with Crippen LogP contribution in [0.4, 0.5) is 17.1 Å². The number of nitrogens with zero attached hydrogens (tertiary/aromatic N) is 2. The van der Waals surface area contributed by atoms with Crippen LogP contribution in [0.2, 0.25) is 0 Å². The SMILES string of the molecule is C1=CC2Oc3c(ccc4ccccc34)C2C=C1c1ccccc1N(c1ccc(-c2ccc3c(c2)oc2ccccc23)cc1)c1ccc(-c2ccccc2-n2c3ccccc3c3ccccc32)cc1. The molecule has 0 saturated heterocycles. The van der Waals surface area contributed by atoms with Crippen molar-refractivity contribution in [2.75, 3.05) is 4.90 Å². The number of hydrogen-bond donors (Lipinski definition) is 0. The molecule has 2 atom stereocenters. The molecule has 10 aromatic carbocycles. The second-order valence-electron chi connectivity index (χ2n) is 17.9. The van der Waals surface area contributed by atoms with Gasteiger partial charge in [-0.05, 0) is 100 Å². The van der Waals surface area contributed by atoms with Gasteiger partial charge in [0.15, 0.2) is 0 Å². The predicted molar refractivity (Wildman–Crippen MR) is 282 cm³/mol. The van der Waals surface area contributed by atoms with Gasteiger partial charge in [0.2, 0.25) is 0 Å². The van der Waals surface area contributed by atoms with Crippen molar-refractivity contribution in [1.29, 1.82) is 0 Å². The first-order valence-corrected chi connectivity index (χ1v) is 23.4. The highest BCUT2D eigenvalue weighted by atomic mass is 16.5. The molecule has 0 fully saturated rings. The van der Waals surface area contributed by atoms with Gasteiger partial charge in [-0.2, -0.15) is 0 Å². The number of rotatable bonds is 7. The van der Waals surface area contributed by atoms with Crippen LogP contribution in [0, 0.1) is 0 Å². The molecule has 68 heavy (non-hydrogen) atoms. The third kappa shape index (κ3) is 6.08. The summed E-state index contributed by atoms with van der Waals surface area (Å²) >= 11 is 0. The summed E-state index contributed by atoms with van der Waals surface area (Å²) in [6.07, 6.45) is 6.85. The number of aromatic nitrogens is 1. The minimum absolute atomic E-state index is 0.0490. The van der Waals surface area contributed by atoms with E-state index in [4.69, 9.17) is 9.15 Å². The molecule has 0 spiro atoms. The number of fused-ring (bicyclic) bond motifs is 11. The monoisotopic (exact) mass is 870 g/mol. The standard InChI is InChI=1S/C64H42N2O2/c1-2-16-50-42(13-1)29-37-55-56-39-45(31-38-62(56)68-64(50)55)49-15-4-8-20-57(49)65(46-32-25-41(26-33-46)44-30-36-54-53-19-7-12-24-61(53)67-63(54)40-44)47-34-27-43(28-35-47)48-14-3-9-21-58(48)66-59-22-10-5-17-51(59)52-18-6-11-23-60(52)66/h1-40,56,62H. The van der Waals surface area contributed by atoms with Crippen molar-refractivity contribution >= 4 is 77.2 Å². The first-order valence-electron chi connectivity index (χ1n) is 23.4. The summed E-state index contributed by atoms with van der Waals surface area (Å²) in [7, 11) is 0. The van der Waals surface area contributed by atoms with Gasteiger partial charge in [0.05, 0.1) is 22.4 Å². The van der Waals surface area contributed by atoms with E-state index in [2.05, 4.69) is 240 Å². The molecule has 0 radical (unpaired) electrons.